The zero-order valence-electron chi connectivity index (χ0n) is 35.6. The van der Waals surface area contributed by atoms with Crippen molar-refractivity contribution in [1.29, 1.82) is 0 Å². The zero-order valence-corrected chi connectivity index (χ0v) is 36.4. The van der Waals surface area contributed by atoms with Crippen molar-refractivity contribution in [3.63, 3.8) is 0 Å². The van der Waals surface area contributed by atoms with Crippen molar-refractivity contribution in [2.45, 2.75) is 63.5 Å². The Labute approximate surface area is 370 Å². The largest absolute Gasteiger partial charge is 0.374 e. The highest BCUT2D eigenvalue weighted by Gasteiger charge is 2.30. The molecule has 3 aromatic carbocycles. The zero-order chi connectivity index (χ0) is 45.1. The second-order valence-corrected chi connectivity index (χ2v) is 18.3. The molecule has 3 aliphatic rings. The molecular weight excluding hydrogens is 845 g/mol. The van der Waals surface area contributed by atoms with Crippen LogP contribution in [0.3, 0.4) is 0 Å². The predicted octanol–water partition coefficient (Wildman–Crippen LogP) is 5.53. The predicted molar refractivity (Wildman–Crippen MR) is 240 cm³/mol. The second-order valence-electron chi connectivity index (χ2n) is 16.6. The lowest BCUT2D eigenvalue weighted by molar-refractivity contribution is -0.134. The van der Waals surface area contributed by atoms with E-state index in [-0.39, 0.29) is 35.9 Å². The number of carbonyl (C=O) groups excluding carboxylic acids is 4. The second kappa shape index (κ2) is 18.8. The van der Waals surface area contributed by atoms with Crippen LogP contribution in [0.1, 0.15) is 72.9 Å². The number of pyridine rings is 1. The molecule has 1 unspecified atom stereocenters. The Morgan fingerprint density at radius 1 is 0.906 bits per heavy atom. The van der Waals surface area contributed by atoms with Crippen LogP contribution in [0.25, 0.3) is 22.2 Å². The molecule has 5 N–H and O–H groups in total. The number of anilines is 3. The summed E-state index contributed by atoms with van der Waals surface area (Å²) < 4.78 is 58.8. The van der Waals surface area contributed by atoms with Gasteiger partial charge in [0, 0.05) is 92.5 Å². The molecule has 3 fully saturated rings. The Hall–Kier alpha value is -6.24. The summed E-state index contributed by atoms with van der Waals surface area (Å²) in [5.74, 6) is -3.49. The SMILES string of the molecule is CCN(C)S(=O)(=O)Nc1ccc(F)c(C(=O)c2c[nH]c3ncc(-c4ccc(N5CCC(NCC(=O)N6CCC(c7ccc(NC8CCC(=O)NC8=O)cc7)CC6)CC5)cc4)cc23)c1F. The molecule has 18 heteroatoms. The third-order valence-electron chi connectivity index (χ3n) is 12.6. The van der Waals surface area contributed by atoms with Gasteiger partial charge in [-0.2, -0.15) is 12.7 Å². The number of amides is 3. The Bertz CT molecular complexity index is 2660. The molecule has 0 spiro atoms. The molecule has 5 heterocycles. The van der Waals surface area contributed by atoms with E-state index in [1.165, 1.54) is 18.8 Å². The van der Waals surface area contributed by atoms with E-state index in [2.05, 4.69) is 47.7 Å². The number of hydrogen-bond donors (Lipinski definition) is 5. The first-order chi connectivity index (χ1) is 30.8. The number of aromatic nitrogens is 2. The Kier molecular flexibility index (Phi) is 13.1. The summed E-state index contributed by atoms with van der Waals surface area (Å²) >= 11 is 0. The minimum Gasteiger partial charge on any atom is -0.374 e. The first kappa shape index (κ1) is 44.4. The van der Waals surface area contributed by atoms with Crippen LogP contribution in [0, 0.1) is 11.6 Å². The molecule has 0 bridgehead atoms. The molecule has 0 saturated carbocycles. The molecule has 15 nitrogen and oxygen atoms in total. The third kappa shape index (κ3) is 9.63. The van der Waals surface area contributed by atoms with Crippen LogP contribution in [0.5, 0.6) is 0 Å². The quantitative estimate of drug-likeness (QED) is 0.0701. The number of likely N-dealkylation sites (tertiary alicyclic amines) is 1. The summed E-state index contributed by atoms with van der Waals surface area (Å²) in [4.78, 5) is 62.0. The number of ketones is 1. The van der Waals surface area contributed by atoms with Gasteiger partial charge < -0.3 is 25.4 Å². The molecule has 64 heavy (non-hydrogen) atoms. The molecule has 1 atom stereocenters. The van der Waals surface area contributed by atoms with Crippen LogP contribution in [-0.2, 0) is 24.6 Å². The highest BCUT2D eigenvalue weighted by atomic mass is 32.2. The van der Waals surface area contributed by atoms with Crippen LogP contribution in [0.15, 0.2) is 79.1 Å². The summed E-state index contributed by atoms with van der Waals surface area (Å²) in [7, 11) is -2.83. The van der Waals surface area contributed by atoms with Gasteiger partial charge in [0.1, 0.15) is 17.5 Å². The van der Waals surface area contributed by atoms with E-state index in [1.807, 2.05) is 41.3 Å². The lowest BCUT2D eigenvalue weighted by atomic mass is 9.89. The highest BCUT2D eigenvalue weighted by Crippen LogP contribution is 2.32. The van der Waals surface area contributed by atoms with E-state index < -0.39 is 44.9 Å². The standard InChI is InChI=1S/C46H51F2N9O6S/c1-3-55(2)64(62,63)54-38-13-12-37(47)42(43(38)48)44(60)36-26-51-45-35(36)24-31(25-50-45)29-6-10-34(11-7-29)56-22-18-32(19-23-56)49-27-41(59)57-20-16-30(17-21-57)28-4-8-33(9-5-28)52-39-14-15-40(58)53-46(39)61/h4-13,24-26,30,32,39,49,52,54H,3,14-23,27H2,1-2H3,(H,50,51)(H,53,58,61). The van der Waals surface area contributed by atoms with Crippen molar-refractivity contribution < 1.29 is 36.4 Å². The molecule has 5 aromatic rings. The molecule has 3 aliphatic heterocycles. The number of fused-ring (bicyclic) bond motifs is 1. The number of piperidine rings is 3. The van der Waals surface area contributed by atoms with E-state index in [9.17, 15) is 27.6 Å². The number of aromatic amines is 1. The Morgan fingerprint density at radius 2 is 1.62 bits per heavy atom. The summed E-state index contributed by atoms with van der Waals surface area (Å²) in [5.41, 5.74) is 3.48. The first-order valence-corrected chi connectivity index (χ1v) is 23.0. The van der Waals surface area contributed by atoms with E-state index in [1.54, 1.807) is 19.2 Å². The van der Waals surface area contributed by atoms with E-state index >= 15 is 8.78 Å². The summed E-state index contributed by atoms with van der Waals surface area (Å²) in [6, 6.07) is 19.3. The van der Waals surface area contributed by atoms with E-state index in [0.717, 1.165) is 72.1 Å². The maximum atomic E-state index is 15.6. The first-order valence-electron chi connectivity index (χ1n) is 21.6. The smallest absolute Gasteiger partial charge is 0.301 e. The van der Waals surface area contributed by atoms with Crippen LogP contribution in [0.2, 0.25) is 0 Å². The molecular formula is C46H51F2N9O6S. The normalized spacial score (nSPS) is 17.8. The minimum atomic E-state index is -4.14. The lowest BCUT2D eigenvalue weighted by Gasteiger charge is -2.35. The van der Waals surface area contributed by atoms with Gasteiger partial charge in [0.05, 0.1) is 17.8 Å². The highest BCUT2D eigenvalue weighted by molar-refractivity contribution is 7.90. The molecule has 3 amide bonds. The van der Waals surface area contributed by atoms with Crippen LogP contribution >= 0.6 is 0 Å². The average molecular weight is 896 g/mol. The lowest BCUT2D eigenvalue weighted by Crippen LogP contribution is -2.48. The van der Waals surface area contributed by atoms with Gasteiger partial charge in [-0.25, -0.2) is 13.8 Å². The maximum absolute atomic E-state index is 15.6. The van der Waals surface area contributed by atoms with Gasteiger partial charge in [0.2, 0.25) is 23.5 Å². The van der Waals surface area contributed by atoms with Gasteiger partial charge >= 0.3 is 10.2 Å². The summed E-state index contributed by atoms with van der Waals surface area (Å²) in [6.45, 7) is 5.03. The van der Waals surface area contributed by atoms with Gasteiger partial charge in [-0.15, -0.1) is 0 Å². The molecule has 336 valence electrons. The minimum absolute atomic E-state index is 0.0190. The van der Waals surface area contributed by atoms with Crippen molar-refractivity contribution in [1.82, 2.24) is 29.8 Å². The fourth-order valence-corrected chi connectivity index (χ4v) is 9.54. The number of rotatable bonds is 14. The number of nitrogens with one attached hydrogen (secondary N) is 5. The molecule has 0 radical (unpaired) electrons. The van der Waals surface area contributed by atoms with Crippen LogP contribution < -0.4 is 25.6 Å². The summed E-state index contributed by atoms with van der Waals surface area (Å²) in [5, 5.41) is 9.44. The van der Waals surface area contributed by atoms with Gasteiger partial charge in [-0.05, 0) is 91.6 Å². The van der Waals surface area contributed by atoms with Gasteiger partial charge in [0.15, 0.2) is 5.82 Å². The average Bonchev–Trinajstić information content (AvgIpc) is 3.74. The van der Waals surface area contributed by atoms with Crippen molar-refractivity contribution in [3.05, 3.63) is 107 Å². The maximum Gasteiger partial charge on any atom is 0.301 e. The van der Waals surface area contributed by atoms with Gasteiger partial charge in [-0.3, -0.25) is 29.2 Å². The molecule has 3 saturated heterocycles. The number of benzene rings is 3. The van der Waals surface area contributed by atoms with E-state index in [4.69, 9.17) is 0 Å². The fraction of sp³-hybridized carbons (Fsp3) is 0.370. The fourth-order valence-electron chi connectivity index (χ4n) is 8.61. The molecule has 2 aromatic heterocycles. The van der Waals surface area contributed by atoms with Crippen LogP contribution in [-0.4, -0.2) is 109 Å². The van der Waals surface area contributed by atoms with Gasteiger partial charge in [0.25, 0.3) is 0 Å². The van der Waals surface area contributed by atoms with Crippen molar-refractivity contribution in [2.75, 3.05) is 61.3 Å². The van der Waals surface area contributed by atoms with Crippen LogP contribution in [0.4, 0.5) is 25.8 Å². The number of hydrogen-bond acceptors (Lipinski definition) is 10. The van der Waals surface area contributed by atoms with Crippen molar-refractivity contribution in [3.8, 4) is 11.1 Å². The van der Waals surface area contributed by atoms with E-state index in [0.29, 0.717) is 55.0 Å². The topological polar surface area (TPSA) is 189 Å². The Morgan fingerprint density at radius 3 is 2.31 bits per heavy atom. The Balaban J connectivity index is 0.812. The number of halogens is 2. The van der Waals surface area contributed by atoms with Gasteiger partial charge in [-0.1, -0.05) is 31.2 Å². The summed E-state index contributed by atoms with van der Waals surface area (Å²) in [6.07, 6.45) is 7.29. The number of carbonyl (C=O) groups is 4. The molecule has 8 rings (SSSR count). The number of nitrogens with zero attached hydrogens (tertiary/aromatic N) is 4. The van der Waals surface area contributed by atoms with Crippen molar-refractivity contribution >= 4 is 61.8 Å². The molecule has 0 aliphatic carbocycles. The monoisotopic (exact) mass is 895 g/mol. The number of H-pyrrole nitrogens is 1. The number of imide groups is 1. The third-order valence-corrected chi connectivity index (χ3v) is 14.2. The van der Waals surface area contributed by atoms with Crippen molar-refractivity contribution in [2.24, 2.45) is 0 Å².